The molecule has 5 fully saturated rings. The van der Waals surface area contributed by atoms with Gasteiger partial charge in [0.2, 0.25) is 5.79 Å². The Morgan fingerprint density at radius 2 is 2.00 bits per heavy atom. The van der Waals surface area contributed by atoms with Crippen molar-refractivity contribution >= 4 is 5.97 Å². The number of rotatable bonds is 1. The third-order valence-electron chi connectivity index (χ3n) is 6.01. The smallest absolute Gasteiger partial charge is 0.309 e. The average molecular weight is 298 g/mol. The summed E-state index contributed by atoms with van der Waals surface area (Å²) < 4.78 is 11.8. The Morgan fingerprint density at radius 1 is 1.19 bits per heavy atom. The predicted octanol–water partition coefficient (Wildman–Crippen LogP) is 1.93. The van der Waals surface area contributed by atoms with Gasteiger partial charge in [0.1, 0.15) is 0 Å². The lowest BCUT2D eigenvalue weighted by Crippen LogP contribution is -2.69. The maximum Gasteiger partial charge on any atom is 0.309 e. The minimum atomic E-state index is -0.817. The van der Waals surface area contributed by atoms with Crippen molar-refractivity contribution in [3.8, 4) is 0 Å². The minimum absolute atomic E-state index is 0.113. The van der Waals surface area contributed by atoms with Crippen LogP contribution in [0.25, 0.3) is 0 Å². The van der Waals surface area contributed by atoms with E-state index in [0.717, 1.165) is 25.7 Å². The number of hydrogen-bond acceptors (Lipinski definition) is 5. The highest BCUT2D eigenvalue weighted by atomic mass is 17.3. The second-order valence-corrected chi connectivity index (χ2v) is 7.19. The molecule has 6 heteroatoms. The van der Waals surface area contributed by atoms with Crippen molar-refractivity contribution in [3.05, 3.63) is 0 Å². The molecule has 1 N–H and O–H groups in total. The first-order valence-electron chi connectivity index (χ1n) is 7.85. The van der Waals surface area contributed by atoms with E-state index in [-0.39, 0.29) is 18.4 Å². The van der Waals surface area contributed by atoms with Crippen LogP contribution in [0.2, 0.25) is 0 Å². The van der Waals surface area contributed by atoms with E-state index in [4.69, 9.17) is 19.2 Å². The molecule has 118 valence electrons. The number of carboxylic acids is 1. The number of fused-ring (bicyclic) bond motifs is 2. The Morgan fingerprint density at radius 3 is 2.76 bits per heavy atom. The third kappa shape index (κ3) is 1.76. The van der Waals surface area contributed by atoms with Crippen molar-refractivity contribution in [3.63, 3.8) is 0 Å². The zero-order valence-electron chi connectivity index (χ0n) is 12.4. The summed E-state index contributed by atoms with van der Waals surface area (Å²) in [6.07, 6.45) is 2.98. The van der Waals surface area contributed by atoms with E-state index in [1.165, 1.54) is 0 Å². The molecule has 4 heterocycles. The molecule has 0 radical (unpaired) electrons. The standard InChI is InChI=1S/C15H22O6/c1-8-3-4-11-9(12(16)17)7-18-13-15(11)10(8)5-6-14(2,19-13)20-21-15/h8-11,13H,3-7H2,1-2H3,(H,16,17)/t8-,9+,10+,11+,13-,14+,15-/m1/s1. The van der Waals surface area contributed by atoms with Crippen LogP contribution >= 0.6 is 0 Å². The van der Waals surface area contributed by atoms with E-state index < -0.39 is 29.6 Å². The average Bonchev–Trinajstić information content (AvgIpc) is 2.67. The van der Waals surface area contributed by atoms with Crippen LogP contribution in [0.5, 0.6) is 0 Å². The van der Waals surface area contributed by atoms with Gasteiger partial charge >= 0.3 is 5.97 Å². The first kappa shape index (κ1) is 13.9. The Bertz CT molecular complexity index is 467. The summed E-state index contributed by atoms with van der Waals surface area (Å²) in [6.45, 7) is 4.26. The lowest BCUT2D eigenvalue weighted by Gasteiger charge is -2.58. The molecule has 1 spiro atoms. The minimum Gasteiger partial charge on any atom is -0.481 e. The molecule has 0 unspecified atom stereocenters. The molecule has 1 saturated carbocycles. The summed E-state index contributed by atoms with van der Waals surface area (Å²) in [5.74, 6) is -1.60. The number of carbonyl (C=O) groups is 1. The van der Waals surface area contributed by atoms with Gasteiger partial charge in [-0.05, 0) is 38.0 Å². The Balaban J connectivity index is 1.80. The summed E-state index contributed by atoms with van der Waals surface area (Å²) in [5.41, 5.74) is -0.769. The van der Waals surface area contributed by atoms with Gasteiger partial charge < -0.3 is 14.6 Å². The van der Waals surface area contributed by atoms with Gasteiger partial charge in [0, 0.05) is 12.3 Å². The van der Waals surface area contributed by atoms with E-state index in [1.807, 2.05) is 6.92 Å². The number of aliphatic carboxylic acids is 1. The Labute approximate surface area is 123 Å². The molecular weight excluding hydrogens is 276 g/mol. The highest BCUT2D eigenvalue weighted by Crippen LogP contribution is 2.59. The van der Waals surface area contributed by atoms with E-state index in [9.17, 15) is 9.90 Å². The summed E-state index contributed by atoms with van der Waals surface area (Å²) in [4.78, 5) is 23.1. The largest absolute Gasteiger partial charge is 0.481 e. The van der Waals surface area contributed by atoms with Crippen LogP contribution in [0, 0.1) is 23.7 Å². The fourth-order valence-electron chi connectivity index (χ4n) is 4.86. The quantitative estimate of drug-likeness (QED) is 0.746. The van der Waals surface area contributed by atoms with Crippen LogP contribution in [0.4, 0.5) is 0 Å². The van der Waals surface area contributed by atoms with Crippen molar-refractivity contribution in [2.45, 2.75) is 57.2 Å². The van der Waals surface area contributed by atoms with Crippen molar-refractivity contribution in [2.24, 2.45) is 23.7 Å². The summed E-state index contributed by atoms with van der Waals surface area (Å²) in [5, 5.41) is 9.53. The summed E-state index contributed by atoms with van der Waals surface area (Å²) in [6, 6.07) is 0. The second kappa shape index (κ2) is 4.41. The number of carboxylic acid groups (broad SMARTS) is 1. The van der Waals surface area contributed by atoms with Gasteiger partial charge in [0.05, 0.1) is 12.5 Å². The van der Waals surface area contributed by atoms with Crippen LogP contribution in [0.1, 0.15) is 39.5 Å². The van der Waals surface area contributed by atoms with Crippen molar-refractivity contribution in [1.82, 2.24) is 0 Å². The van der Waals surface area contributed by atoms with E-state index in [0.29, 0.717) is 5.92 Å². The predicted molar refractivity (Wildman–Crippen MR) is 69.9 cm³/mol. The van der Waals surface area contributed by atoms with Crippen LogP contribution in [-0.2, 0) is 24.0 Å². The lowest BCUT2D eigenvalue weighted by atomic mass is 9.58. The highest BCUT2D eigenvalue weighted by molar-refractivity contribution is 5.71. The molecule has 6 nitrogen and oxygen atoms in total. The molecule has 5 aliphatic rings. The maximum absolute atomic E-state index is 11.6. The number of ether oxygens (including phenoxy) is 2. The van der Waals surface area contributed by atoms with Crippen LogP contribution in [0.3, 0.4) is 0 Å². The van der Waals surface area contributed by atoms with Gasteiger partial charge in [0.25, 0.3) is 0 Å². The molecule has 1 aliphatic carbocycles. The van der Waals surface area contributed by atoms with Gasteiger partial charge in [-0.3, -0.25) is 4.79 Å². The molecule has 4 aliphatic heterocycles. The van der Waals surface area contributed by atoms with Gasteiger partial charge in [-0.25, -0.2) is 9.78 Å². The summed E-state index contributed by atoms with van der Waals surface area (Å²) in [7, 11) is 0. The van der Waals surface area contributed by atoms with Gasteiger partial charge in [0.15, 0.2) is 11.9 Å². The van der Waals surface area contributed by atoms with Gasteiger partial charge in [-0.1, -0.05) is 6.92 Å². The third-order valence-corrected chi connectivity index (χ3v) is 6.01. The zero-order chi connectivity index (χ0) is 14.8. The summed E-state index contributed by atoms with van der Waals surface area (Å²) >= 11 is 0. The van der Waals surface area contributed by atoms with E-state index >= 15 is 0 Å². The topological polar surface area (TPSA) is 74.2 Å². The fraction of sp³-hybridized carbons (Fsp3) is 0.933. The molecule has 2 bridgehead atoms. The fourth-order valence-corrected chi connectivity index (χ4v) is 4.86. The molecule has 0 aromatic rings. The first-order valence-corrected chi connectivity index (χ1v) is 7.85. The second-order valence-electron chi connectivity index (χ2n) is 7.19. The Hall–Kier alpha value is -0.690. The number of hydrogen-bond donors (Lipinski definition) is 1. The van der Waals surface area contributed by atoms with Gasteiger partial charge in [-0.15, -0.1) is 0 Å². The van der Waals surface area contributed by atoms with Crippen LogP contribution < -0.4 is 0 Å². The Kier molecular flexibility index (Phi) is 2.93. The first-order chi connectivity index (χ1) is 9.96. The maximum atomic E-state index is 11.6. The van der Waals surface area contributed by atoms with Crippen molar-refractivity contribution in [2.75, 3.05) is 6.61 Å². The van der Waals surface area contributed by atoms with Crippen molar-refractivity contribution < 1.29 is 29.1 Å². The SMILES string of the molecule is C[C@@H]1CC[C@H]2[C@@H](C(=O)O)CO[C@@H]3O[C@]4(C)CC[C@@H]1[C@]32OO4. The molecular formula is C15H22O6. The lowest BCUT2D eigenvalue weighted by molar-refractivity contribution is -0.566. The molecule has 0 amide bonds. The van der Waals surface area contributed by atoms with Gasteiger partial charge in [-0.2, -0.15) is 0 Å². The molecule has 21 heavy (non-hydrogen) atoms. The van der Waals surface area contributed by atoms with Crippen LogP contribution in [0.15, 0.2) is 0 Å². The van der Waals surface area contributed by atoms with Crippen LogP contribution in [-0.4, -0.2) is 35.4 Å². The molecule has 0 aromatic heterocycles. The zero-order valence-corrected chi connectivity index (χ0v) is 12.4. The van der Waals surface area contributed by atoms with E-state index in [1.54, 1.807) is 0 Å². The van der Waals surface area contributed by atoms with E-state index in [2.05, 4.69) is 6.92 Å². The molecule has 7 atom stereocenters. The highest BCUT2D eigenvalue weighted by Gasteiger charge is 2.69. The van der Waals surface area contributed by atoms with Crippen molar-refractivity contribution in [1.29, 1.82) is 0 Å². The normalized spacial score (nSPS) is 55.6. The monoisotopic (exact) mass is 298 g/mol. The molecule has 0 aromatic carbocycles. The molecule has 5 rings (SSSR count). The molecule has 4 saturated heterocycles.